The van der Waals surface area contributed by atoms with Crippen molar-refractivity contribution in [2.75, 3.05) is 6.26 Å². The molecule has 0 aliphatic heterocycles. The molecule has 1 aliphatic rings. The molecule has 1 aromatic heterocycles. The zero-order valence-electron chi connectivity index (χ0n) is 11.5. The number of rotatable bonds is 2. The molecule has 0 radical (unpaired) electrons. The Kier molecular flexibility index (Phi) is 3.10. The number of aromatic nitrogens is 2. The Labute approximate surface area is 118 Å². The van der Waals surface area contributed by atoms with Crippen LogP contribution in [0.1, 0.15) is 37.9 Å². The molecule has 1 saturated carbocycles. The fourth-order valence-electron chi connectivity index (χ4n) is 2.87. The van der Waals surface area contributed by atoms with E-state index in [1.807, 2.05) is 0 Å². The molecule has 3 N–H and O–H groups in total. The van der Waals surface area contributed by atoms with Gasteiger partial charge in [-0.15, -0.1) is 0 Å². The molecule has 3 rings (SSSR count). The van der Waals surface area contributed by atoms with E-state index in [1.54, 1.807) is 18.2 Å². The smallest absolute Gasteiger partial charge is 0.175 e. The summed E-state index contributed by atoms with van der Waals surface area (Å²) in [6.45, 7) is 0. The summed E-state index contributed by atoms with van der Waals surface area (Å²) in [6.07, 6.45) is 6.50. The van der Waals surface area contributed by atoms with E-state index < -0.39 is 15.4 Å². The molecular formula is C14H19N3O2S. The van der Waals surface area contributed by atoms with E-state index in [9.17, 15) is 8.42 Å². The third-order valence-corrected chi connectivity index (χ3v) is 5.21. The Bertz CT molecular complexity index is 743. The summed E-state index contributed by atoms with van der Waals surface area (Å²) in [5, 5.41) is 0. The van der Waals surface area contributed by atoms with Gasteiger partial charge in [-0.05, 0) is 31.0 Å². The molecule has 1 heterocycles. The SMILES string of the molecule is CS(=O)(=O)c1ccc2nc(C3(N)CCCCC3)[nH]c2c1. The standard InChI is InChI=1S/C14H19N3O2S/c1-20(18,19)10-5-6-11-12(9-10)17-13(16-11)14(15)7-3-2-4-8-14/h5-6,9H,2-4,7-8,15H2,1H3,(H,16,17). The first-order valence-electron chi connectivity index (χ1n) is 6.88. The summed E-state index contributed by atoms with van der Waals surface area (Å²) in [5.74, 6) is 0.776. The van der Waals surface area contributed by atoms with Crippen LogP contribution in [-0.4, -0.2) is 24.6 Å². The van der Waals surface area contributed by atoms with Crippen molar-refractivity contribution < 1.29 is 8.42 Å². The topological polar surface area (TPSA) is 88.8 Å². The van der Waals surface area contributed by atoms with Crippen molar-refractivity contribution >= 4 is 20.9 Å². The first-order valence-corrected chi connectivity index (χ1v) is 8.77. The second-order valence-electron chi connectivity index (χ2n) is 5.75. The fraction of sp³-hybridized carbons (Fsp3) is 0.500. The molecule has 0 saturated heterocycles. The molecule has 2 aromatic rings. The van der Waals surface area contributed by atoms with Gasteiger partial charge in [-0.3, -0.25) is 0 Å². The van der Waals surface area contributed by atoms with Crippen LogP contribution in [0.3, 0.4) is 0 Å². The van der Waals surface area contributed by atoms with E-state index in [-0.39, 0.29) is 0 Å². The molecule has 0 amide bonds. The first-order chi connectivity index (χ1) is 9.38. The molecule has 0 unspecified atom stereocenters. The van der Waals surface area contributed by atoms with Crippen LogP contribution in [0.25, 0.3) is 11.0 Å². The second-order valence-corrected chi connectivity index (χ2v) is 7.77. The molecule has 0 bridgehead atoms. The Morgan fingerprint density at radius 2 is 1.95 bits per heavy atom. The van der Waals surface area contributed by atoms with Gasteiger partial charge in [0, 0.05) is 6.26 Å². The average molecular weight is 293 g/mol. The average Bonchev–Trinajstić information content (AvgIpc) is 2.82. The van der Waals surface area contributed by atoms with E-state index in [2.05, 4.69) is 9.97 Å². The van der Waals surface area contributed by atoms with Gasteiger partial charge in [0.25, 0.3) is 0 Å². The number of hydrogen-bond donors (Lipinski definition) is 2. The molecule has 5 nitrogen and oxygen atoms in total. The van der Waals surface area contributed by atoms with Gasteiger partial charge in [0.1, 0.15) is 5.82 Å². The lowest BCUT2D eigenvalue weighted by Gasteiger charge is -2.31. The van der Waals surface area contributed by atoms with E-state index >= 15 is 0 Å². The van der Waals surface area contributed by atoms with Crippen molar-refractivity contribution in [3.05, 3.63) is 24.0 Å². The van der Waals surface area contributed by atoms with Gasteiger partial charge in [-0.2, -0.15) is 0 Å². The van der Waals surface area contributed by atoms with Crippen LogP contribution in [0.4, 0.5) is 0 Å². The number of nitrogens with zero attached hydrogens (tertiary/aromatic N) is 1. The van der Waals surface area contributed by atoms with Crippen LogP contribution >= 0.6 is 0 Å². The zero-order chi connectivity index (χ0) is 14.4. The van der Waals surface area contributed by atoms with Gasteiger partial charge >= 0.3 is 0 Å². The highest BCUT2D eigenvalue weighted by atomic mass is 32.2. The second kappa shape index (κ2) is 4.56. The highest BCUT2D eigenvalue weighted by Crippen LogP contribution is 2.34. The highest BCUT2D eigenvalue weighted by Gasteiger charge is 2.32. The minimum atomic E-state index is -3.20. The number of sulfone groups is 1. The number of aromatic amines is 1. The lowest BCUT2D eigenvalue weighted by Crippen LogP contribution is -2.39. The third kappa shape index (κ3) is 2.33. The van der Waals surface area contributed by atoms with Crippen LogP contribution in [-0.2, 0) is 15.4 Å². The van der Waals surface area contributed by atoms with Crippen LogP contribution in [0.5, 0.6) is 0 Å². The number of hydrogen-bond acceptors (Lipinski definition) is 4. The highest BCUT2D eigenvalue weighted by molar-refractivity contribution is 7.90. The Balaban J connectivity index is 2.07. The predicted molar refractivity (Wildman–Crippen MR) is 78.2 cm³/mol. The van der Waals surface area contributed by atoms with Gasteiger partial charge in [0.05, 0.1) is 21.5 Å². The Hall–Kier alpha value is -1.40. The molecule has 1 aromatic carbocycles. The molecule has 1 aliphatic carbocycles. The predicted octanol–water partition coefficient (Wildman–Crippen LogP) is 2.08. The van der Waals surface area contributed by atoms with Crippen molar-refractivity contribution in [2.45, 2.75) is 42.5 Å². The van der Waals surface area contributed by atoms with Crippen molar-refractivity contribution in [2.24, 2.45) is 5.73 Å². The number of H-pyrrole nitrogens is 1. The summed E-state index contributed by atoms with van der Waals surface area (Å²) in [7, 11) is -3.20. The summed E-state index contributed by atoms with van der Waals surface area (Å²) in [6, 6.07) is 4.96. The normalized spacial score (nSPS) is 19.3. The van der Waals surface area contributed by atoms with E-state index in [0.717, 1.165) is 42.5 Å². The maximum Gasteiger partial charge on any atom is 0.175 e. The Morgan fingerprint density at radius 1 is 1.25 bits per heavy atom. The number of imidazole rings is 1. The molecule has 108 valence electrons. The quantitative estimate of drug-likeness (QED) is 0.887. The van der Waals surface area contributed by atoms with Gasteiger partial charge in [-0.25, -0.2) is 13.4 Å². The lowest BCUT2D eigenvalue weighted by molar-refractivity contribution is 0.289. The summed E-state index contributed by atoms with van der Waals surface area (Å²) >= 11 is 0. The summed E-state index contributed by atoms with van der Waals surface area (Å²) in [4.78, 5) is 8.07. The fourth-order valence-corrected chi connectivity index (χ4v) is 3.52. The van der Waals surface area contributed by atoms with Gasteiger partial charge < -0.3 is 10.7 Å². The van der Waals surface area contributed by atoms with Crippen LogP contribution in [0, 0.1) is 0 Å². The third-order valence-electron chi connectivity index (χ3n) is 4.10. The van der Waals surface area contributed by atoms with E-state index in [0.29, 0.717) is 4.90 Å². The molecule has 0 spiro atoms. The molecule has 20 heavy (non-hydrogen) atoms. The van der Waals surface area contributed by atoms with Crippen LogP contribution in [0.15, 0.2) is 23.1 Å². The maximum absolute atomic E-state index is 11.6. The molecular weight excluding hydrogens is 274 g/mol. The van der Waals surface area contributed by atoms with Crippen LogP contribution in [0.2, 0.25) is 0 Å². The molecule has 0 atom stereocenters. The number of benzene rings is 1. The Morgan fingerprint density at radius 3 is 2.60 bits per heavy atom. The minimum Gasteiger partial charge on any atom is -0.340 e. The monoisotopic (exact) mass is 293 g/mol. The minimum absolute atomic E-state index is 0.301. The number of nitrogens with one attached hydrogen (secondary N) is 1. The number of nitrogens with two attached hydrogens (primary N) is 1. The van der Waals surface area contributed by atoms with Crippen molar-refractivity contribution in [1.82, 2.24) is 9.97 Å². The van der Waals surface area contributed by atoms with Crippen molar-refractivity contribution in [3.63, 3.8) is 0 Å². The van der Waals surface area contributed by atoms with Gasteiger partial charge in [0.2, 0.25) is 0 Å². The zero-order valence-corrected chi connectivity index (χ0v) is 12.3. The first kappa shape index (κ1) is 13.6. The maximum atomic E-state index is 11.6. The largest absolute Gasteiger partial charge is 0.340 e. The van der Waals surface area contributed by atoms with Crippen molar-refractivity contribution in [3.8, 4) is 0 Å². The summed E-state index contributed by atoms with van der Waals surface area (Å²) < 4.78 is 23.2. The van der Waals surface area contributed by atoms with Crippen LogP contribution < -0.4 is 5.73 Å². The van der Waals surface area contributed by atoms with E-state index in [4.69, 9.17) is 5.73 Å². The van der Waals surface area contributed by atoms with Gasteiger partial charge in [0.15, 0.2) is 9.84 Å². The van der Waals surface area contributed by atoms with Crippen molar-refractivity contribution in [1.29, 1.82) is 0 Å². The molecule has 6 heteroatoms. The summed E-state index contributed by atoms with van der Waals surface area (Å²) in [5.41, 5.74) is 7.56. The number of fused-ring (bicyclic) bond motifs is 1. The molecule has 1 fully saturated rings. The lowest BCUT2D eigenvalue weighted by atomic mass is 9.82. The van der Waals surface area contributed by atoms with E-state index in [1.165, 1.54) is 12.7 Å². The van der Waals surface area contributed by atoms with Gasteiger partial charge in [-0.1, -0.05) is 19.3 Å².